The molecule has 2 saturated carbocycles. The second-order valence-electron chi connectivity index (χ2n) is 9.34. The monoisotopic (exact) mass is 497 g/mol. The lowest BCUT2D eigenvalue weighted by atomic mass is 9.74. The van der Waals surface area contributed by atoms with Crippen molar-refractivity contribution in [1.29, 1.82) is 0 Å². The van der Waals surface area contributed by atoms with Crippen LogP contribution in [0.5, 0.6) is 0 Å². The zero-order valence-corrected chi connectivity index (χ0v) is 18.2. The molecule has 1 N–H and O–H groups in total. The van der Waals surface area contributed by atoms with Crippen molar-refractivity contribution >= 4 is 17.3 Å². The van der Waals surface area contributed by atoms with E-state index in [-0.39, 0.29) is 29.7 Å². The Kier molecular flexibility index (Phi) is 6.08. The Labute approximate surface area is 190 Å². The van der Waals surface area contributed by atoms with E-state index < -0.39 is 55.2 Å². The fourth-order valence-corrected chi connectivity index (χ4v) is 4.58. The van der Waals surface area contributed by atoms with Gasteiger partial charge in [0.05, 0.1) is 5.69 Å². The molecular weight excluding hydrogens is 474 g/mol. The van der Waals surface area contributed by atoms with Gasteiger partial charge >= 0.3 is 18.0 Å². The van der Waals surface area contributed by atoms with Crippen LogP contribution in [0.3, 0.4) is 0 Å². The van der Waals surface area contributed by atoms with E-state index in [0.29, 0.717) is 28.7 Å². The predicted molar refractivity (Wildman–Crippen MR) is 107 cm³/mol. The molecule has 0 bridgehead atoms. The van der Waals surface area contributed by atoms with Crippen molar-refractivity contribution in [1.82, 2.24) is 9.78 Å². The third-order valence-corrected chi connectivity index (χ3v) is 6.77. The topological polar surface area (TPSA) is 46.9 Å². The Morgan fingerprint density at radius 1 is 1.21 bits per heavy atom. The molecule has 12 heteroatoms. The molecular formula is C22H23F8N3O. The van der Waals surface area contributed by atoms with Crippen molar-refractivity contribution in [2.24, 2.45) is 11.8 Å². The molecule has 1 amide bonds. The van der Waals surface area contributed by atoms with Gasteiger partial charge in [0, 0.05) is 30.2 Å². The number of allylic oxidation sites excluding steroid dienone is 4. The van der Waals surface area contributed by atoms with Crippen LogP contribution in [0.4, 0.5) is 40.9 Å². The molecule has 0 saturated heterocycles. The van der Waals surface area contributed by atoms with Crippen LogP contribution in [-0.4, -0.2) is 33.7 Å². The van der Waals surface area contributed by atoms with E-state index in [1.54, 1.807) is 6.92 Å². The number of halogens is 8. The molecule has 0 spiro atoms. The normalized spacial score (nSPS) is 26.3. The molecule has 0 radical (unpaired) electrons. The molecule has 4 nitrogen and oxygen atoms in total. The summed E-state index contributed by atoms with van der Waals surface area (Å²) in [6.07, 6.45) is -1.99. The third kappa shape index (κ3) is 4.47. The molecule has 1 aromatic rings. The first-order valence-electron chi connectivity index (χ1n) is 11.0. The van der Waals surface area contributed by atoms with Crippen LogP contribution in [0, 0.1) is 11.8 Å². The second-order valence-corrected chi connectivity index (χ2v) is 9.34. The summed E-state index contributed by atoms with van der Waals surface area (Å²) in [7, 11) is 0. The van der Waals surface area contributed by atoms with Crippen molar-refractivity contribution in [3.05, 3.63) is 29.2 Å². The summed E-state index contributed by atoms with van der Waals surface area (Å²) in [6, 6.07) is 0. The molecule has 34 heavy (non-hydrogen) atoms. The number of anilines is 1. The summed E-state index contributed by atoms with van der Waals surface area (Å²) in [5.74, 6) is -13.0. The fourth-order valence-electron chi connectivity index (χ4n) is 4.58. The number of carbonyl (C=O) groups is 1. The van der Waals surface area contributed by atoms with E-state index >= 15 is 0 Å². The van der Waals surface area contributed by atoms with Gasteiger partial charge < -0.3 is 5.32 Å². The number of carbonyl (C=O) groups excluding carboxylic acids is 1. The first-order valence-corrected chi connectivity index (χ1v) is 11.0. The molecule has 1 heterocycles. The highest BCUT2D eigenvalue weighted by Crippen LogP contribution is 2.56. The molecule has 188 valence electrons. The quantitative estimate of drug-likeness (QED) is 0.450. The van der Waals surface area contributed by atoms with Crippen LogP contribution in [0.2, 0.25) is 0 Å². The highest BCUT2D eigenvalue weighted by atomic mass is 19.4. The second kappa shape index (κ2) is 8.37. The SMILES string of the molecule is C[C@@H]1CC(c2nn(CC(F)(F)F)c(NC(=O)C[C@H]3CC(F)(F)C3(F)F)c2C2CCC2)=CC=C1F. The molecule has 1 aromatic heterocycles. The number of alkyl halides is 7. The van der Waals surface area contributed by atoms with Gasteiger partial charge in [0.1, 0.15) is 18.2 Å². The standard InChI is InChI=1S/C22H23F8N3O/c1-11-7-13(5-6-15(11)23)18-17(12-3-2-4-12)19(33(32-18)10-21(26,27)28)31-16(34)8-14-9-20(24,25)22(14,29)30/h5-6,11-12,14H,2-4,7-10H2,1H3,(H,31,34)/t11-,14+/m1/s1. The molecule has 3 aliphatic rings. The summed E-state index contributed by atoms with van der Waals surface area (Å²) < 4.78 is 108. The van der Waals surface area contributed by atoms with Gasteiger partial charge in [0.2, 0.25) is 5.91 Å². The van der Waals surface area contributed by atoms with Gasteiger partial charge in [-0.1, -0.05) is 19.4 Å². The summed E-state index contributed by atoms with van der Waals surface area (Å²) in [5, 5.41) is 6.35. The maximum atomic E-state index is 13.8. The van der Waals surface area contributed by atoms with Crippen molar-refractivity contribution in [3.8, 4) is 0 Å². The summed E-state index contributed by atoms with van der Waals surface area (Å²) >= 11 is 0. The Morgan fingerprint density at radius 3 is 2.38 bits per heavy atom. The highest BCUT2D eigenvalue weighted by molar-refractivity contribution is 5.92. The van der Waals surface area contributed by atoms with E-state index in [1.807, 2.05) is 0 Å². The van der Waals surface area contributed by atoms with E-state index in [4.69, 9.17) is 0 Å². The molecule has 4 rings (SSSR count). The lowest BCUT2D eigenvalue weighted by molar-refractivity contribution is -0.313. The number of aromatic nitrogens is 2. The van der Waals surface area contributed by atoms with Crippen LogP contribution in [0.15, 0.2) is 18.0 Å². The Bertz CT molecular complexity index is 1040. The first kappa shape index (κ1) is 24.7. The number of nitrogens with one attached hydrogen (secondary N) is 1. The zero-order chi connectivity index (χ0) is 25.1. The average Bonchev–Trinajstić information content (AvgIpc) is 2.98. The van der Waals surface area contributed by atoms with Gasteiger partial charge in [-0.05, 0) is 36.8 Å². The number of hydrogen-bond acceptors (Lipinski definition) is 2. The largest absolute Gasteiger partial charge is 0.408 e. The molecule has 0 unspecified atom stereocenters. The Hall–Kier alpha value is -2.40. The van der Waals surface area contributed by atoms with E-state index in [0.717, 1.165) is 6.42 Å². The molecule has 0 aromatic carbocycles. The van der Waals surface area contributed by atoms with Crippen LogP contribution < -0.4 is 5.32 Å². The summed E-state index contributed by atoms with van der Waals surface area (Å²) in [5.41, 5.74) is 1.03. The minimum absolute atomic E-state index is 0.182. The maximum Gasteiger partial charge on any atom is 0.408 e. The smallest absolute Gasteiger partial charge is 0.311 e. The van der Waals surface area contributed by atoms with Crippen molar-refractivity contribution in [3.63, 3.8) is 0 Å². The van der Waals surface area contributed by atoms with Gasteiger partial charge in [-0.15, -0.1) is 0 Å². The summed E-state index contributed by atoms with van der Waals surface area (Å²) in [4.78, 5) is 12.5. The first-order chi connectivity index (χ1) is 15.7. The van der Waals surface area contributed by atoms with Crippen LogP contribution in [0.25, 0.3) is 5.57 Å². The zero-order valence-electron chi connectivity index (χ0n) is 18.2. The van der Waals surface area contributed by atoms with Gasteiger partial charge in [0.25, 0.3) is 0 Å². The molecule has 0 aliphatic heterocycles. The number of nitrogens with zero attached hydrogens (tertiary/aromatic N) is 2. The maximum absolute atomic E-state index is 13.8. The van der Waals surface area contributed by atoms with Gasteiger partial charge in [-0.3, -0.25) is 4.79 Å². The molecule has 2 fully saturated rings. The van der Waals surface area contributed by atoms with Gasteiger partial charge in [-0.2, -0.15) is 35.8 Å². The predicted octanol–water partition coefficient (Wildman–Crippen LogP) is 6.61. The third-order valence-electron chi connectivity index (χ3n) is 6.77. The van der Waals surface area contributed by atoms with E-state index in [1.165, 1.54) is 12.2 Å². The average molecular weight is 497 g/mol. The van der Waals surface area contributed by atoms with Crippen LogP contribution >= 0.6 is 0 Å². The fraction of sp³-hybridized carbons (Fsp3) is 0.636. The molecule has 3 aliphatic carbocycles. The Balaban J connectivity index is 1.68. The Morgan fingerprint density at radius 2 is 1.88 bits per heavy atom. The van der Waals surface area contributed by atoms with Crippen LogP contribution in [-0.2, 0) is 11.3 Å². The number of rotatable bonds is 6. The van der Waals surface area contributed by atoms with Crippen molar-refractivity contribution in [2.45, 2.75) is 75.9 Å². The van der Waals surface area contributed by atoms with Gasteiger partial charge in [-0.25, -0.2) is 9.07 Å². The summed E-state index contributed by atoms with van der Waals surface area (Å²) in [6.45, 7) is 0.0683. The highest BCUT2D eigenvalue weighted by Gasteiger charge is 2.71. The number of hydrogen-bond donors (Lipinski definition) is 1. The van der Waals surface area contributed by atoms with E-state index in [9.17, 15) is 39.9 Å². The van der Waals surface area contributed by atoms with Gasteiger partial charge in [0.15, 0.2) is 0 Å². The lowest BCUT2D eigenvalue weighted by Crippen LogP contribution is -2.59. The van der Waals surface area contributed by atoms with E-state index in [2.05, 4.69) is 10.4 Å². The number of amides is 1. The minimum atomic E-state index is -4.71. The molecule has 2 atom stereocenters. The van der Waals surface area contributed by atoms with Crippen LogP contribution in [0.1, 0.15) is 62.6 Å². The van der Waals surface area contributed by atoms with Crippen molar-refractivity contribution < 1.29 is 39.9 Å². The lowest BCUT2D eigenvalue weighted by Gasteiger charge is -2.43. The minimum Gasteiger partial charge on any atom is -0.311 e. The van der Waals surface area contributed by atoms with Crippen molar-refractivity contribution in [2.75, 3.05) is 5.32 Å².